The molecule has 0 aromatic heterocycles. The number of phenolic OH excluding ortho intramolecular Hbond substituents is 4. The molecule has 1 aliphatic carbocycles. The van der Waals surface area contributed by atoms with Crippen molar-refractivity contribution in [3.8, 4) is 23.0 Å². The van der Waals surface area contributed by atoms with Gasteiger partial charge in [0.1, 0.15) is 28.8 Å². The van der Waals surface area contributed by atoms with Gasteiger partial charge in [-0.1, -0.05) is 0 Å². The molecular formula is C18H14O8. The van der Waals surface area contributed by atoms with Gasteiger partial charge in [0.2, 0.25) is 5.78 Å². The third kappa shape index (κ3) is 2.47. The zero-order valence-corrected chi connectivity index (χ0v) is 13.5. The molecule has 0 radical (unpaired) electrons. The van der Waals surface area contributed by atoms with Crippen molar-refractivity contribution >= 4 is 17.3 Å². The number of Topliss-reactive ketones (excluding diaryl/α,β-unsaturated/α-hetero) is 1. The number of ketones is 3. The van der Waals surface area contributed by atoms with Crippen LogP contribution in [0, 0.1) is 0 Å². The second-order valence-electron chi connectivity index (χ2n) is 6.05. The van der Waals surface area contributed by atoms with E-state index >= 15 is 0 Å². The summed E-state index contributed by atoms with van der Waals surface area (Å²) in [6, 6.07) is 2.76. The molecule has 26 heavy (non-hydrogen) atoms. The van der Waals surface area contributed by atoms with Gasteiger partial charge in [-0.05, 0) is 19.1 Å². The lowest BCUT2D eigenvalue weighted by atomic mass is 9.81. The van der Waals surface area contributed by atoms with Crippen LogP contribution >= 0.6 is 0 Å². The Kier molecular flexibility index (Phi) is 3.92. The Bertz CT molecular complexity index is 989. The Hall–Kier alpha value is -3.39. The summed E-state index contributed by atoms with van der Waals surface area (Å²) in [4.78, 5) is 36.5. The second kappa shape index (κ2) is 5.85. The maximum atomic E-state index is 12.7. The van der Waals surface area contributed by atoms with E-state index in [1.165, 1.54) is 6.92 Å². The molecule has 8 heteroatoms. The average Bonchev–Trinajstić information content (AvgIpc) is 2.50. The number of benzene rings is 2. The molecule has 0 amide bonds. The normalized spacial score (nSPS) is 13.9. The molecule has 0 bridgehead atoms. The van der Waals surface area contributed by atoms with E-state index in [0.29, 0.717) is 0 Å². The number of hydrogen-bond donors (Lipinski definition) is 5. The summed E-state index contributed by atoms with van der Waals surface area (Å²) in [7, 11) is 0. The smallest absolute Gasteiger partial charge is 0.201 e. The van der Waals surface area contributed by atoms with Crippen LogP contribution in [0.25, 0.3) is 0 Å². The molecule has 1 atom stereocenters. The van der Waals surface area contributed by atoms with Gasteiger partial charge < -0.3 is 25.5 Å². The van der Waals surface area contributed by atoms with Gasteiger partial charge in [0.25, 0.3) is 0 Å². The van der Waals surface area contributed by atoms with Crippen molar-refractivity contribution < 1.29 is 39.9 Å². The van der Waals surface area contributed by atoms with Gasteiger partial charge in [0.15, 0.2) is 5.78 Å². The van der Waals surface area contributed by atoms with Gasteiger partial charge >= 0.3 is 0 Å². The molecule has 0 saturated heterocycles. The summed E-state index contributed by atoms with van der Waals surface area (Å²) in [6.45, 7) is 1.20. The molecule has 5 N–H and O–H groups in total. The molecule has 0 saturated carbocycles. The highest BCUT2D eigenvalue weighted by molar-refractivity contribution is 6.30. The summed E-state index contributed by atoms with van der Waals surface area (Å²) in [5, 5.41) is 50.1. The summed E-state index contributed by atoms with van der Waals surface area (Å²) in [6.07, 6.45) is -2.01. The van der Waals surface area contributed by atoms with Crippen molar-refractivity contribution in [2.45, 2.75) is 19.4 Å². The number of carbonyl (C=O) groups is 3. The van der Waals surface area contributed by atoms with E-state index in [0.717, 1.165) is 18.2 Å². The lowest BCUT2D eigenvalue weighted by Gasteiger charge is -2.23. The van der Waals surface area contributed by atoms with Crippen LogP contribution in [-0.4, -0.2) is 42.9 Å². The zero-order valence-electron chi connectivity index (χ0n) is 13.5. The van der Waals surface area contributed by atoms with E-state index in [1.54, 1.807) is 0 Å². The van der Waals surface area contributed by atoms with Gasteiger partial charge in [-0.2, -0.15) is 0 Å². The van der Waals surface area contributed by atoms with Gasteiger partial charge in [0, 0.05) is 23.6 Å². The monoisotopic (exact) mass is 358 g/mol. The fourth-order valence-electron chi connectivity index (χ4n) is 3.08. The minimum absolute atomic E-state index is 0.282. The van der Waals surface area contributed by atoms with Crippen molar-refractivity contribution in [3.05, 3.63) is 46.0 Å². The fraction of sp³-hybridized carbons (Fsp3) is 0.167. The number of rotatable bonds is 3. The van der Waals surface area contributed by atoms with Gasteiger partial charge in [-0.3, -0.25) is 14.4 Å². The van der Waals surface area contributed by atoms with E-state index in [2.05, 4.69) is 0 Å². The standard InChI is InChI=1S/C18H14O8/c1-6(19)2-10(21)15-12(23)5-9-14(18(15)26)17(25)13-8(16(9)24)3-7(20)4-11(13)22/h3-5,10,20-23,26H,2H2,1H3/t10-/m0/s1. The largest absolute Gasteiger partial charge is 0.508 e. The molecule has 0 aliphatic heterocycles. The Balaban J connectivity index is 2.27. The molecule has 134 valence electrons. The first kappa shape index (κ1) is 17.4. The van der Waals surface area contributed by atoms with Crippen LogP contribution in [0.2, 0.25) is 0 Å². The summed E-state index contributed by atoms with van der Waals surface area (Å²) in [5.41, 5.74) is -1.99. The highest BCUT2D eigenvalue weighted by Gasteiger charge is 2.37. The molecule has 0 fully saturated rings. The van der Waals surface area contributed by atoms with E-state index < -0.39 is 69.6 Å². The molecule has 0 heterocycles. The van der Waals surface area contributed by atoms with Crippen molar-refractivity contribution in [1.82, 2.24) is 0 Å². The topological polar surface area (TPSA) is 152 Å². The van der Waals surface area contributed by atoms with E-state index in [-0.39, 0.29) is 11.1 Å². The Labute approximate surface area is 146 Å². The number of aliphatic hydroxyl groups excluding tert-OH is 1. The Morgan fingerprint density at radius 2 is 1.54 bits per heavy atom. The van der Waals surface area contributed by atoms with Gasteiger partial charge in [0.05, 0.1) is 22.8 Å². The van der Waals surface area contributed by atoms with Crippen LogP contribution in [0.4, 0.5) is 0 Å². The van der Waals surface area contributed by atoms with Gasteiger partial charge in [-0.15, -0.1) is 0 Å². The average molecular weight is 358 g/mol. The molecule has 2 aromatic rings. The highest BCUT2D eigenvalue weighted by atomic mass is 16.3. The first-order valence-electron chi connectivity index (χ1n) is 7.55. The molecule has 0 unspecified atom stereocenters. The summed E-state index contributed by atoms with van der Waals surface area (Å²) in [5.74, 6) is -4.74. The molecular weight excluding hydrogens is 344 g/mol. The first-order valence-corrected chi connectivity index (χ1v) is 7.55. The lowest BCUT2D eigenvalue weighted by Crippen LogP contribution is -2.22. The lowest BCUT2D eigenvalue weighted by molar-refractivity contribution is -0.118. The Morgan fingerprint density at radius 1 is 0.923 bits per heavy atom. The predicted octanol–water partition coefficient (Wildman–Crippen LogP) is 1.30. The van der Waals surface area contributed by atoms with Crippen LogP contribution in [0.5, 0.6) is 23.0 Å². The van der Waals surface area contributed by atoms with Crippen molar-refractivity contribution in [1.29, 1.82) is 0 Å². The van der Waals surface area contributed by atoms with E-state index in [1.807, 2.05) is 0 Å². The molecule has 3 rings (SSSR count). The van der Waals surface area contributed by atoms with Crippen LogP contribution < -0.4 is 0 Å². The molecule has 0 spiro atoms. The number of aliphatic hydroxyl groups is 1. The minimum Gasteiger partial charge on any atom is -0.508 e. The number of fused-ring (bicyclic) bond motifs is 2. The van der Waals surface area contributed by atoms with Crippen LogP contribution in [-0.2, 0) is 4.79 Å². The third-order valence-electron chi connectivity index (χ3n) is 4.18. The SMILES string of the molecule is CC(=O)C[C@H](O)c1c(O)cc2c(c1O)C(=O)c1c(O)cc(O)cc1C2=O. The predicted molar refractivity (Wildman–Crippen MR) is 86.7 cm³/mol. The number of phenols is 4. The van der Waals surface area contributed by atoms with Crippen LogP contribution in [0.15, 0.2) is 18.2 Å². The maximum absolute atomic E-state index is 12.7. The molecule has 1 aliphatic rings. The van der Waals surface area contributed by atoms with Crippen LogP contribution in [0.1, 0.15) is 56.9 Å². The third-order valence-corrected chi connectivity index (χ3v) is 4.18. The Morgan fingerprint density at radius 3 is 2.15 bits per heavy atom. The van der Waals surface area contributed by atoms with E-state index in [9.17, 15) is 39.9 Å². The molecule has 8 nitrogen and oxygen atoms in total. The zero-order chi connectivity index (χ0) is 19.3. The van der Waals surface area contributed by atoms with E-state index in [4.69, 9.17) is 0 Å². The van der Waals surface area contributed by atoms with Gasteiger partial charge in [-0.25, -0.2) is 0 Å². The number of carbonyl (C=O) groups excluding carboxylic acids is 3. The molecule has 2 aromatic carbocycles. The highest BCUT2D eigenvalue weighted by Crippen LogP contribution is 2.44. The van der Waals surface area contributed by atoms with Crippen molar-refractivity contribution in [3.63, 3.8) is 0 Å². The van der Waals surface area contributed by atoms with Crippen molar-refractivity contribution in [2.24, 2.45) is 0 Å². The summed E-state index contributed by atoms with van der Waals surface area (Å²) < 4.78 is 0. The first-order chi connectivity index (χ1) is 12.1. The number of aromatic hydroxyl groups is 4. The quantitative estimate of drug-likeness (QED) is 0.470. The summed E-state index contributed by atoms with van der Waals surface area (Å²) >= 11 is 0. The minimum atomic E-state index is -1.59. The maximum Gasteiger partial charge on any atom is 0.201 e. The van der Waals surface area contributed by atoms with Crippen LogP contribution in [0.3, 0.4) is 0 Å². The second-order valence-corrected chi connectivity index (χ2v) is 6.05. The fourth-order valence-corrected chi connectivity index (χ4v) is 3.08. The number of hydrogen-bond acceptors (Lipinski definition) is 8. The van der Waals surface area contributed by atoms with Crippen molar-refractivity contribution in [2.75, 3.05) is 0 Å².